The smallest absolute Gasteiger partial charge is 0.119 e. The normalized spacial score (nSPS) is 21.9. The van der Waals surface area contributed by atoms with Gasteiger partial charge in [0.05, 0.1) is 7.11 Å². The summed E-state index contributed by atoms with van der Waals surface area (Å²) >= 11 is 0. The molecule has 1 N–H and O–H groups in total. The van der Waals surface area contributed by atoms with Crippen LogP contribution in [0.1, 0.15) is 43.4 Å². The number of nitrogens with zero attached hydrogens (tertiary/aromatic N) is 1. The first-order valence-corrected chi connectivity index (χ1v) is 7.42. The topological polar surface area (TPSA) is 34.1 Å². The number of halogens is 2. The molecule has 0 unspecified atom stereocenters. The Kier molecular flexibility index (Phi) is 6.87. The summed E-state index contributed by atoms with van der Waals surface area (Å²) in [7, 11) is 1.71. The number of aromatic nitrogens is 1. The van der Waals surface area contributed by atoms with Gasteiger partial charge in [-0.25, -0.2) is 0 Å². The third-order valence-corrected chi connectivity index (χ3v) is 4.49. The highest BCUT2D eigenvalue weighted by Crippen LogP contribution is 2.43. The first-order valence-electron chi connectivity index (χ1n) is 7.42. The Bertz CT molecular complexity index is 619. The van der Waals surface area contributed by atoms with Crippen LogP contribution in [0, 0.1) is 0 Å². The van der Waals surface area contributed by atoms with Crippen LogP contribution < -0.4 is 10.1 Å². The van der Waals surface area contributed by atoms with Crippen LogP contribution in [0.3, 0.4) is 0 Å². The van der Waals surface area contributed by atoms with Crippen LogP contribution in [0.15, 0.2) is 48.8 Å². The molecule has 0 bridgehead atoms. The molecule has 1 aromatic carbocycles. The fourth-order valence-corrected chi connectivity index (χ4v) is 3.37. The van der Waals surface area contributed by atoms with E-state index in [0.717, 1.165) is 12.2 Å². The van der Waals surface area contributed by atoms with Gasteiger partial charge in [0, 0.05) is 29.9 Å². The summed E-state index contributed by atoms with van der Waals surface area (Å²) in [6.45, 7) is 4.55. The maximum absolute atomic E-state index is 5.34. The van der Waals surface area contributed by atoms with E-state index in [0.29, 0.717) is 12.0 Å². The molecule has 1 fully saturated rings. The van der Waals surface area contributed by atoms with Gasteiger partial charge in [-0.2, -0.15) is 0 Å². The van der Waals surface area contributed by atoms with E-state index in [1.807, 2.05) is 18.5 Å². The Hall–Kier alpha value is -1.29. The monoisotopic (exact) mass is 354 g/mol. The highest BCUT2D eigenvalue weighted by molar-refractivity contribution is 5.85. The summed E-state index contributed by atoms with van der Waals surface area (Å²) in [5.74, 6) is 1.40. The average molecular weight is 355 g/mol. The first kappa shape index (κ1) is 19.8. The molecule has 1 aromatic heterocycles. The molecular formula is C18H24Cl2N2O. The largest absolute Gasteiger partial charge is 0.497 e. The summed E-state index contributed by atoms with van der Waals surface area (Å²) in [5, 5.41) is 3.77. The SMILES string of the molecule is COc1cccc([C@H]2C[C@@H](c3ccncc3)C(C)(C)N2)c1.Cl.Cl. The van der Waals surface area contributed by atoms with Crippen LogP contribution in [0.5, 0.6) is 5.75 Å². The summed E-state index contributed by atoms with van der Waals surface area (Å²) in [5.41, 5.74) is 2.71. The van der Waals surface area contributed by atoms with Crippen LogP contribution in [0.25, 0.3) is 0 Å². The van der Waals surface area contributed by atoms with Crippen LogP contribution >= 0.6 is 24.8 Å². The number of hydrogen-bond donors (Lipinski definition) is 1. The Labute approximate surface area is 150 Å². The first-order chi connectivity index (χ1) is 10.1. The summed E-state index contributed by atoms with van der Waals surface area (Å²) in [6.07, 6.45) is 4.85. The van der Waals surface area contributed by atoms with Gasteiger partial charge in [0.15, 0.2) is 0 Å². The van der Waals surface area contributed by atoms with Crippen molar-refractivity contribution in [1.82, 2.24) is 10.3 Å². The zero-order valence-electron chi connectivity index (χ0n) is 13.7. The molecule has 23 heavy (non-hydrogen) atoms. The molecule has 3 rings (SSSR count). The molecule has 126 valence electrons. The quantitative estimate of drug-likeness (QED) is 0.878. The van der Waals surface area contributed by atoms with Gasteiger partial charge >= 0.3 is 0 Å². The number of ether oxygens (including phenoxy) is 1. The second kappa shape index (κ2) is 8.00. The molecule has 1 saturated heterocycles. The average Bonchev–Trinajstić information content (AvgIpc) is 2.84. The molecule has 2 heterocycles. The minimum atomic E-state index is 0. The lowest BCUT2D eigenvalue weighted by Crippen LogP contribution is -2.37. The third-order valence-electron chi connectivity index (χ3n) is 4.49. The van der Waals surface area contributed by atoms with E-state index in [9.17, 15) is 0 Å². The molecule has 1 aliphatic rings. The van der Waals surface area contributed by atoms with E-state index in [2.05, 4.69) is 54.5 Å². The van der Waals surface area contributed by atoms with E-state index < -0.39 is 0 Å². The van der Waals surface area contributed by atoms with Crippen LogP contribution in [0.2, 0.25) is 0 Å². The molecule has 0 amide bonds. The van der Waals surface area contributed by atoms with Crippen molar-refractivity contribution in [3.63, 3.8) is 0 Å². The molecule has 5 heteroatoms. The Morgan fingerprint density at radius 3 is 2.43 bits per heavy atom. The number of methoxy groups -OCH3 is 1. The fourth-order valence-electron chi connectivity index (χ4n) is 3.37. The van der Waals surface area contributed by atoms with Gasteiger partial charge < -0.3 is 10.1 Å². The van der Waals surface area contributed by atoms with Gasteiger partial charge in [0.25, 0.3) is 0 Å². The third kappa shape index (κ3) is 4.17. The molecule has 0 spiro atoms. The van der Waals surface area contributed by atoms with Crippen molar-refractivity contribution in [3.05, 3.63) is 59.9 Å². The van der Waals surface area contributed by atoms with E-state index in [1.165, 1.54) is 11.1 Å². The van der Waals surface area contributed by atoms with Gasteiger partial charge in [-0.05, 0) is 55.7 Å². The molecule has 2 atom stereocenters. The maximum atomic E-state index is 5.34. The van der Waals surface area contributed by atoms with Crippen molar-refractivity contribution in [2.75, 3.05) is 7.11 Å². The lowest BCUT2D eigenvalue weighted by atomic mass is 9.83. The van der Waals surface area contributed by atoms with Gasteiger partial charge in [-0.1, -0.05) is 12.1 Å². The molecule has 2 aromatic rings. The minimum Gasteiger partial charge on any atom is -0.497 e. The van der Waals surface area contributed by atoms with Crippen molar-refractivity contribution in [2.45, 2.75) is 37.8 Å². The second-order valence-corrected chi connectivity index (χ2v) is 6.26. The summed E-state index contributed by atoms with van der Waals surface area (Å²) < 4.78 is 5.34. The number of benzene rings is 1. The standard InChI is InChI=1S/C18H22N2O.2ClH/c1-18(2)16(13-7-9-19-10-8-13)12-17(20-18)14-5-4-6-15(11-14)21-3;;/h4-11,16-17,20H,12H2,1-3H3;2*1H/t16-,17+;;/m0../s1. The molecule has 3 nitrogen and oxygen atoms in total. The summed E-state index contributed by atoms with van der Waals surface area (Å²) in [4.78, 5) is 4.13. The predicted octanol–water partition coefficient (Wildman–Crippen LogP) is 4.53. The van der Waals surface area contributed by atoms with E-state index in [4.69, 9.17) is 4.74 Å². The lowest BCUT2D eigenvalue weighted by Gasteiger charge is -2.27. The van der Waals surface area contributed by atoms with Gasteiger partial charge in [-0.3, -0.25) is 4.98 Å². The predicted molar refractivity (Wildman–Crippen MR) is 99.0 cm³/mol. The zero-order chi connectivity index (χ0) is 14.9. The fraction of sp³-hybridized carbons (Fsp3) is 0.389. The van der Waals surface area contributed by atoms with Crippen molar-refractivity contribution >= 4 is 24.8 Å². The Balaban J connectivity index is 0.00000132. The summed E-state index contributed by atoms with van der Waals surface area (Å²) in [6, 6.07) is 13.0. The van der Waals surface area contributed by atoms with E-state index in [1.54, 1.807) is 7.11 Å². The highest BCUT2D eigenvalue weighted by Gasteiger charge is 2.41. The van der Waals surface area contributed by atoms with Gasteiger partial charge in [-0.15, -0.1) is 24.8 Å². The second-order valence-electron chi connectivity index (χ2n) is 6.26. The van der Waals surface area contributed by atoms with E-state index >= 15 is 0 Å². The molecule has 0 saturated carbocycles. The van der Waals surface area contributed by atoms with E-state index in [-0.39, 0.29) is 30.4 Å². The van der Waals surface area contributed by atoms with Crippen LogP contribution in [0.4, 0.5) is 0 Å². The minimum absolute atomic E-state index is 0. The molecule has 0 aliphatic carbocycles. The van der Waals surface area contributed by atoms with Gasteiger partial charge in [0.2, 0.25) is 0 Å². The van der Waals surface area contributed by atoms with Crippen molar-refractivity contribution in [3.8, 4) is 5.75 Å². The number of nitrogens with one attached hydrogen (secondary N) is 1. The number of hydrogen-bond acceptors (Lipinski definition) is 3. The zero-order valence-corrected chi connectivity index (χ0v) is 15.3. The van der Waals surface area contributed by atoms with Crippen LogP contribution in [-0.2, 0) is 0 Å². The van der Waals surface area contributed by atoms with Crippen molar-refractivity contribution < 1.29 is 4.74 Å². The van der Waals surface area contributed by atoms with Crippen molar-refractivity contribution in [2.24, 2.45) is 0 Å². The number of pyridine rings is 1. The van der Waals surface area contributed by atoms with Crippen LogP contribution in [-0.4, -0.2) is 17.6 Å². The Morgan fingerprint density at radius 1 is 1.09 bits per heavy atom. The number of rotatable bonds is 3. The molecular weight excluding hydrogens is 331 g/mol. The Morgan fingerprint density at radius 2 is 1.78 bits per heavy atom. The molecule has 0 radical (unpaired) electrons. The molecule has 1 aliphatic heterocycles. The lowest BCUT2D eigenvalue weighted by molar-refractivity contribution is 0.395. The van der Waals surface area contributed by atoms with Gasteiger partial charge in [0.1, 0.15) is 5.75 Å². The highest BCUT2D eigenvalue weighted by atomic mass is 35.5. The maximum Gasteiger partial charge on any atom is 0.119 e. The van der Waals surface area contributed by atoms with Crippen molar-refractivity contribution in [1.29, 1.82) is 0 Å².